The number of methoxy groups -OCH3 is 1. The highest BCUT2D eigenvalue weighted by Gasteiger charge is 2.33. The molecule has 2 fully saturated rings. The molecule has 0 saturated carbocycles. The number of hydrogen-bond donors (Lipinski definition) is 1. The summed E-state index contributed by atoms with van der Waals surface area (Å²) in [5.74, 6) is 0.175. The van der Waals surface area contributed by atoms with Crippen molar-refractivity contribution in [3.8, 4) is 11.5 Å². The number of piperidine rings is 1. The van der Waals surface area contributed by atoms with Gasteiger partial charge >= 0.3 is 6.03 Å². The number of carbonyl (C=O) groups is 3. The number of urea groups is 1. The zero-order chi connectivity index (χ0) is 28.1. The fraction of sp³-hybridized carbons (Fsp3) is 0.258. The molecule has 0 aromatic heterocycles. The summed E-state index contributed by atoms with van der Waals surface area (Å²) in [5, 5.41) is 2.59. The molecule has 5 rings (SSSR count). The van der Waals surface area contributed by atoms with Gasteiger partial charge in [0.15, 0.2) is 11.5 Å². The smallest absolute Gasteiger partial charge is 0.329 e. The van der Waals surface area contributed by atoms with Gasteiger partial charge in [-0.3, -0.25) is 14.5 Å². The normalized spacial score (nSPS) is 16.3. The van der Waals surface area contributed by atoms with Crippen molar-refractivity contribution in [1.82, 2.24) is 15.1 Å². The van der Waals surface area contributed by atoms with Crippen molar-refractivity contribution in [2.45, 2.75) is 32.4 Å². The third kappa shape index (κ3) is 6.14. The third-order valence-electron chi connectivity index (χ3n) is 6.95. The van der Waals surface area contributed by atoms with Crippen LogP contribution in [-0.4, -0.2) is 47.8 Å². The minimum absolute atomic E-state index is 0.0335. The molecule has 8 nitrogen and oxygen atoms in total. The maximum Gasteiger partial charge on any atom is 0.329 e. The van der Waals surface area contributed by atoms with Gasteiger partial charge in [0, 0.05) is 18.7 Å². The number of nitrogens with one attached hydrogen (secondary N) is 1. The molecule has 3 aromatic rings. The summed E-state index contributed by atoms with van der Waals surface area (Å²) >= 11 is 0. The van der Waals surface area contributed by atoms with Crippen LogP contribution in [0.3, 0.4) is 0 Å². The van der Waals surface area contributed by atoms with Gasteiger partial charge in [-0.25, -0.2) is 9.18 Å². The molecular weight excluding hydrogens is 513 g/mol. The Labute approximate surface area is 232 Å². The first-order chi connectivity index (χ1) is 19.4. The predicted octanol–water partition coefficient (Wildman–Crippen LogP) is 5.13. The fourth-order valence-electron chi connectivity index (χ4n) is 4.73. The largest absolute Gasteiger partial charge is 0.493 e. The van der Waals surface area contributed by atoms with Crippen molar-refractivity contribution in [2.24, 2.45) is 0 Å². The van der Waals surface area contributed by atoms with Crippen LogP contribution in [0.4, 0.5) is 9.18 Å². The maximum atomic E-state index is 13.2. The molecule has 2 saturated heterocycles. The minimum atomic E-state index is -0.545. The molecule has 4 amide bonds. The zero-order valence-electron chi connectivity index (χ0n) is 22.2. The lowest BCUT2D eigenvalue weighted by molar-refractivity contribution is -0.123. The van der Waals surface area contributed by atoms with Crippen molar-refractivity contribution in [3.63, 3.8) is 0 Å². The summed E-state index contributed by atoms with van der Waals surface area (Å²) in [6, 6.07) is 17.7. The molecule has 206 valence electrons. The molecule has 9 heteroatoms. The summed E-state index contributed by atoms with van der Waals surface area (Å²) in [5.41, 5.74) is 2.98. The second-order valence-electron chi connectivity index (χ2n) is 9.75. The van der Waals surface area contributed by atoms with E-state index in [1.807, 2.05) is 29.2 Å². The second kappa shape index (κ2) is 12.0. The Morgan fingerprint density at radius 1 is 0.925 bits per heavy atom. The highest BCUT2D eigenvalue weighted by Crippen LogP contribution is 2.30. The number of ether oxygens (including phenoxy) is 2. The summed E-state index contributed by atoms with van der Waals surface area (Å²) in [7, 11) is 1.52. The Kier molecular flexibility index (Phi) is 8.10. The maximum absolute atomic E-state index is 13.2. The Morgan fingerprint density at radius 3 is 2.33 bits per heavy atom. The van der Waals surface area contributed by atoms with Gasteiger partial charge in [0.05, 0.1) is 13.7 Å². The van der Waals surface area contributed by atoms with Crippen LogP contribution in [0.1, 0.15) is 46.3 Å². The number of hydrogen-bond acceptors (Lipinski definition) is 5. The molecule has 0 bridgehead atoms. The summed E-state index contributed by atoms with van der Waals surface area (Å²) < 4.78 is 24.7. The highest BCUT2D eigenvalue weighted by atomic mass is 19.1. The Morgan fingerprint density at radius 2 is 1.62 bits per heavy atom. The Balaban J connectivity index is 1.22. The first-order valence-electron chi connectivity index (χ1n) is 13.2. The van der Waals surface area contributed by atoms with Gasteiger partial charge in [-0.15, -0.1) is 0 Å². The minimum Gasteiger partial charge on any atom is -0.493 e. The number of likely N-dealkylation sites (tertiary alicyclic amines) is 1. The molecule has 0 radical (unpaired) electrons. The number of halogens is 1. The summed E-state index contributed by atoms with van der Waals surface area (Å²) in [6.45, 7) is 1.93. The number of rotatable bonds is 8. The summed E-state index contributed by atoms with van der Waals surface area (Å²) in [6.07, 6.45) is 4.84. The monoisotopic (exact) mass is 543 g/mol. The molecular formula is C31H30FN3O5. The molecule has 40 heavy (non-hydrogen) atoms. The van der Waals surface area contributed by atoms with Gasteiger partial charge in [0.1, 0.15) is 18.1 Å². The topological polar surface area (TPSA) is 88.2 Å². The summed E-state index contributed by atoms with van der Waals surface area (Å²) in [4.78, 5) is 40.9. The average molecular weight is 544 g/mol. The van der Waals surface area contributed by atoms with E-state index >= 15 is 0 Å². The predicted molar refractivity (Wildman–Crippen MR) is 147 cm³/mol. The highest BCUT2D eigenvalue weighted by molar-refractivity contribution is 6.13. The first-order valence-corrected chi connectivity index (χ1v) is 13.2. The second-order valence-corrected chi connectivity index (χ2v) is 9.75. The lowest BCUT2D eigenvalue weighted by atomic mass is 10.1. The third-order valence-corrected chi connectivity index (χ3v) is 6.95. The van der Waals surface area contributed by atoms with Gasteiger partial charge in [-0.2, -0.15) is 0 Å². The Hall–Kier alpha value is -4.66. The number of amides is 4. The molecule has 1 N–H and O–H groups in total. The number of benzene rings is 3. The van der Waals surface area contributed by atoms with Crippen LogP contribution in [0, 0.1) is 5.82 Å². The van der Waals surface area contributed by atoms with Crippen LogP contribution in [0.5, 0.6) is 11.5 Å². The molecule has 0 spiro atoms. The van der Waals surface area contributed by atoms with Gasteiger partial charge in [-0.05, 0) is 78.4 Å². The molecule has 3 aromatic carbocycles. The lowest BCUT2D eigenvalue weighted by Crippen LogP contribution is -2.35. The van der Waals surface area contributed by atoms with Crippen LogP contribution in [-0.2, 0) is 17.9 Å². The van der Waals surface area contributed by atoms with Gasteiger partial charge in [-0.1, -0.05) is 30.3 Å². The van der Waals surface area contributed by atoms with E-state index in [4.69, 9.17) is 9.47 Å². The molecule has 0 aliphatic carbocycles. The van der Waals surface area contributed by atoms with Gasteiger partial charge in [0.25, 0.3) is 11.8 Å². The Bertz CT molecular complexity index is 1430. The van der Waals surface area contributed by atoms with Crippen molar-refractivity contribution in [3.05, 3.63) is 100 Å². The van der Waals surface area contributed by atoms with Crippen LogP contribution in [0.25, 0.3) is 6.08 Å². The van der Waals surface area contributed by atoms with Gasteiger partial charge in [0.2, 0.25) is 0 Å². The number of imide groups is 1. The lowest BCUT2D eigenvalue weighted by Gasteiger charge is -2.26. The van der Waals surface area contributed by atoms with Crippen LogP contribution in [0.2, 0.25) is 0 Å². The standard InChI is InChI=1S/C31H30FN3O5/c1-39-28-18-23(17-26-30(37)35(31(38)33-26)19-21-7-12-25(32)13-8-21)9-14-27(28)40-20-22-5-10-24(11-6-22)29(36)34-15-3-2-4-16-34/h5-14,17-18H,2-4,15-16,19-20H2,1H3,(H,33,38)/b26-17-. The van der Waals surface area contributed by atoms with Crippen LogP contribution >= 0.6 is 0 Å². The molecule has 2 aliphatic rings. The van der Waals surface area contributed by atoms with E-state index in [-0.39, 0.29) is 30.6 Å². The van der Waals surface area contributed by atoms with Crippen LogP contribution in [0.15, 0.2) is 72.4 Å². The van der Waals surface area contributed by atoms with E-state index in [0.29, 0.717) is 28.2 Å². The van der Waals surface area contributed by atoms with Crippen molar-refractivity contribution < 1.29 is 28.2 Å². The van der Waals surface area contributed by atoms with Crippen molar-refractivity contribution in [2.75, 3.05) is 20.2 Å². The van der Waals surface area contributed by atoms with E-state index in [2.05, 4.69) is 5.32 Å². The SMILES string of the molecule is COc1cc(/C=C2\NC(=O)N(Cc3ccc(F)cc3)C2=O)ccc1OCc1ccc(C(=O)N2CCCCC2)cc1. The molecule has 0 atom stereocenters. The van der Waals surface area contributed by atoms with E-state index < -0.39 is 11.9 Å². The average Bonchev–Trinajstić information content (AvgIpc) is 3.25. The van der Waals surface area contributed by atoms with Crippen molar-refractivity contribution >= 4 is 23.9 Å². The quantitative estimate of drug-likeness (QED) is 0.314. The van der Waals surface area contributed by atoms with E-state index in [1.54, 1.807) is 24.3 Å². The van der Waals surface area contributed by atoms with Crippen molar-refractivity contribution in [1.29, 1.82) is 0 Å². The van der Waals surface area contributed by atoms with Crippen LogP contribution < -0.4 is 14.8 Å². The van der Waals surface area contributed by atoms with E-state index in [0.717, 1.165) is 36.4 Å². The molecule has 0 unspecified atom stereocenters. The molecule has 2 aliphatic heterocycles. The number of carbonyl (C=O) groups excluding carboxylic acids is 3. The van der Waals surface area contributed by atoms with E-state index in [9.17, 15) is 18.8 Å². The first kappa shape index (κ1) is 26.9. The van der Waals surface area contributed by atoms with Gasteiger partial charge < -0.3 is 19.7 Å². The van der Waals surface area contributed by atoms with E-state index in [1.165, 1.54) is 37.8 Å². The number of nitrogens with zero attached hydrogens (tertiary/aromatic N) is 2. The zero-order valence-corrected chi connectivity index (χ0v) is 22.2. The molecule has 2 heterocycles. The fourth-order valence-corrected chi connectivity index (χ4v) is 4.73.